The number of rotatable bonds is 2. The highest BCUT2D eigenvalue weighted by molar-refractivity contribution is 5.69. The first-order valence-corrected chi connectivity index (χ1v) is 3.73. The first-order valence-electron chi connectivity index (χ1n) is 3.73. The summed E-state index contributed by atoms with van der Waals surface area (Å²) in [6.07, 6.45) is 5.19. The number of hydrogen-bond acceptors (Lipinski definition) is 3. The van der Waals surface area contributed by atoms with Crippen LogP contribution in [0.1, 0.15) is 20.3 Å². The molecule has 12 heavy (non-hydrogen) atoms. The van der Waals surface area contributed by atoms with Crippen LogP contribution in [0.4, 0.5) is 0 Å². The molecule has 4 heteroatoms. The molecule has 1 atom stereocenters. The molecular formula is C8H13NO3. The lowest BCUT2D eigenvalue weighted by molar-refractivity contribution is -0.141. The Balaban J connectivity index is 0.000000211. The van der Waals surface area contributed by atoms with Crippen LogP contribution in [0, 0.1) is 5.92 Å². The Hall–Kier alpha value is -1.32. The Morgan fingerprint density at radius 2 is 2.42 bits per heavy atom. The zero-order valence-corrected chi connectivity index (χ0v) is 7.23. The number of oxazole rings is 1. The molecule has 1 aromatic rings. The molecule has 0 spiro atoms. The zero-order valence-electron chi connectivity index (χ0n) is 7.23. The molecule has 0 aromatic carbocycles. The summed E-state index contributed by atoms with van der Waals surface area (Å²) in [5.41, 5.74) is 0. The van der Waals surface area contributed by atoms with Crippen molar-refractivity contribution >= 4 is 5.97 Å². The molecule has 0 aliphatic heterocycles. The molecular weight excluding hydrogens is 158 g/mol. The second-order valence-corrected chi connectivity index (χ2v) is 2.32. The highest BCUT2D eigenvalue weighted by atomic mass is 16.4. The molecule has 0 aliphatic rings. The molecule has 0 saturated carbocycles. The van der Waals surface area contributed by atoms with E-state index in [1.165, 1.54) is 12.7 Å². The second-order valence-electron chi connectivity index (χ2n) is 2.32. The van der Waals surface area contributed by atoms with Crippen molar-refractivity contribution in [1.29, 1.82) is 0 Å². The Morgan fingerprint density at radius 3 is 2.50 bits per heavy atom. The van der Waals surface area contributed by atoms with Crippen molar-refractivity contribution in [2.45, 2.75) is 20.3 Å². The maximum absolute atomic E-state index is 9.93. The van der Waals surface area contributed by atoms with Gasteiger partial charge in [-0.3, -0.25) is 4.79 Å². The third kappa shape index (κ3) is 5.46. The lowest BCUT2D eigenvalue weighted by Gasteiger charge is -1.96. The van der Waals surface area contributed by atoms with Gasteiger partial charge in [-0.1, -0.05) is 13.8 Å². The van der Waals surface area contributed by atoms with Crippen molar-refractivity contribution in [2.75, 3.05) is 0 Å². The molecule has 0 aliphatic carbocycles. The predicted octanol–water partition coefficient (Wildman–Crippen LogP) is 1.79. The van der Waals surface area contributed by atoms with E-state index in [0.29, 0.717) is 0 Å². The quantitative estimate of drug-likeness (QED) is 0.736. The SMILES string of the molecule is CCC(C)C(=O)O.c1cocn1. The van der Waals surface area contributed by atoms with Crippen LogP contribution in [-0.4, -0.2) is 16.1 Å². The van der Waals surface area contributed by atoms with Gasteiger partial charge in [-0.25, -0.2) is 4.98 Å². The summed E-state index contributed by atoms with van der Waals surface area (Å²) in [7, 11) is 0. The van der Waals surface area contributed by atoms with Gasteiger partial charge in [0.1, 0.15) is 6.26 Å². The Labute approximate surface area is 71.2 Å². The fourth-order valence-corrected chi connectivity index (χ4v) is 0.350. The van der Waals surface area contributed by atoms with Crippen LogP contribution in [0.15, 0.2) is 23.3 Å². The number of aliphatic carboxylic acids is 1. The fourth-order valence-electron chi connectivity index (χ4n) is 0.350. The molecule has 0 bridgehead atoms. The van der Waals surface area contributed by atoms with Gasteiger partial charge in [0, 0.05) is 0 Å². The summed E-state index contributed by atoms with van der Waals surface area (Å²) in [5, 5.41) is 8.18. The number of hydrogen-bond donors (Lipinski definition) is 1. The topological polar surface area (TPSA) is 63.3 Å². The maximum Gasteiger partial charge on any atom is 0.306 e. The molecule has 1 rings (SSSR count). The van der Waals surface area contributed by atoms with Crippen molar-refractivity contribution in [1.82, 2.24) is 4.98 Å². The van der Waals surface area contributed by atoms with Crippen LogP contribution in [0.2, 0.25) is 0 Å². The monoisotopic (exact) mass is 171 g/mol. The molecule has 4 nitrogen and oxygen atoms in total. The number of carboxylic acid groups (broad SMARTS) is 1. The van der Waals surface area contributed by atoms with Gasteiger partial charge in [0.05, 0.1) is 12.1 Å². The minimum absolute atomic E-state index is 0.181. The van der Waals surface area contributed by atoms with Crippen LogP contribution >= 0.6 is 0 Å². The molecule has 0 radical (unpaired) electrons. The van der Waals surface area contributed by atoms with Crippen molar-refractivity contribution in [2.24, 2.45) is 5.92 Å². The van der Waals surface area contributed by atoms with E-state index in [0.717, 1.165) is 6.42 Å². The van der Waals surface area contributed by atoms with E-state index in [1.54, 1.807) is 13.1 Å². The maximum atomic E-state index is 9.93. The molecule has 1 aromatic heterocycles. The molecule has 0 saturated heterocycles. The van der Waals surface area contributed by atoms with Gasteiger partial charge < -0.3 is 9.52 Å². The second kappa shape index (κ2) is 6.39. The van der Waals surface area contributed by atoms with Crippen LogP contribution in [0.25, 0.3) is 0 Å². The van der Waals surface area contributed by atoms with Crippen LogP contribution in [0.3, 0.4) is 0 Å². The Morgan fingerprint density at radius 1 is 1.75 bits per heavy atom. The summed E-state index contributed by atoms with van der Waals surface area (Å²) in [6.45, 7) is 3.56. The average molecular weight is 171 g/mol. The van der Waals surface area contributed by atoms with Gasteiger partial charge >= 0.3 is 5.97 Å². The van der Waals surface area contributed by atoms with E-state index in [2.05, 4.69) is 9.40 Å². The number of carboxylic acids is 1. The van der Waals surface area contributed by atoms with E-state index in [-0.39, 0.29) is 5.92 Å². The van der Waals surface area contributed by atoms with Gasteiger partial charge in [0.25, 0.3) is 0 Å². The Bertz CT molecular complexity index is 179. The molecule has 0 amide bonds. The van der Waals surface area contributed by atoms with E-state index >= 15 is 0 Å². The van der Waals surface area contributed by atoms with Gasteiger partial charge in [-0.15, -0.1) is 0 Å². The molecule has 68 valence electrons. The fraction of sp³-hybridized carbons (Fsp3) is 0.500. The normalized spacial score (nSPS) is 11.2. The number of aromatic nitrogens is 1. The lowest BCUT2D eigenvalue weighted by Crippen LogP contribution is -2.06. The van der Waals surface area contributed by atoms with Gasteiger partial charge in [-0.2, -0.15) is 0 Å². The highest BCUT2D eigenvalue weighted by Gasteiger charge is 2.05. The van der Waals surface area contributed by atoms with Crippen molar-refractivity contribution in [3.8, 4) is 0 Å². The predicted molar refractivity (Wildman–Crippen MR) is 43.6 cm³/mol. The molecule has 1 unspecified atom stereocenters. The van der Waals surface area contributed by atoms with Gasteiger partial charge in [0.2, 0.25) is 0 Å². The van der Waals surface area contributed by atoms with Crippen molar-refractivity contribution < 1.29 is 14.3 Å². The first-order chi connectivity index (χ1) is 5.68. The average Bonchev–Trinajstić information content (AvgIpc) is 2.59. The molecule has 0 fully saturated rings. The van der Waals surface area contributed by atoms with E-state index < -0.39 is 5.97 Å². The smallest absolute Gasteiger partial charge is 0.306 e. The van der Waals surface area contributed by atoms with E-state index in [1.807, 2.05) is 6.92 Å². The minimum Gasteiger partial charge on any atom is -0.481 e. The third-order valence-corrected chi connectivity index (χ3v) is 1.38. The summed E-state index contributed by atoms with van der Waals surface area (Å²) < 4.78 is 4.47. The summed E-state index contributed by atoms with van der Waals surface area (Å²) >= 11 is 0. The van der Waals surface area contributed by atoms with Crippen LogP contribution < -0.4 is 0 Å². The van der Waals surface area contributed by atoms with Crippen molar-refractivity contribution in [3.05, 3.63) is 18.9 Å². The molecule has 1 heterocycles. The highest BCUT2D eigenvalue weighted by Crippen LogP contribution is 1.97. The van der Waals surface area contributed by atoms with Gasteiger partial charge in [-0.05, 0) is 6.42 Å². The summed E-state index contributed by atoms with van der Waals surface area (Å²) in [5.74, 6) is -0.887. The summed E-state index contributed by atoms with van der Waals surface area (Å²) in [4.78, 5) is 13.5. The number of carbonyl (C=O) groups is 1. The minimum atomic E-state index is -0.706. The standard InChI is InChI=1S/C5H10O2.C3H3NO/c1-3-4(2)5(6)7;1-2-5-3-4-1/h4H,3H2,1-2H3,(H,6,7);1-3H. The van der Waals surface area contributed by atoms with Crippen LogP contribution in [0.5, 0.6) is 0 Å². The third-order valence-electron chi connectivity index (χ3n) is 1.38. The lowest BCUT2D eigenvalue weighted by atomic mass is 10.1. The van der Waals surface area contributed by atoms with Crippen LogP contribution in [-0.2, 0) is 4.79 Å². The largest absolute Gasteiger partial charge is 0.481 e. The number of nitrogens with zero attached hydrogens (tertiary/aromatic N) is 1. The molecule has 1 N–H and O–H groups in total. The summed E-state index contributed by atoms with van der Waals surface area (Å²) in [6, 6.07) is 0. The first kappa shape index (κ1) is 10.7. The van der Waals surface area contributed by atoms with Gasteiger partial charge in [0.15, 0.2) is 6.39 Å². The van der Waals surface area contributed by atoms with Crippen molar-refractivity contribution in [3.63, 3.8) is 0 Å². The Kier molecular flexibility index (Phi) is 5.69. The zero-order chi connectivity index (χ0) is 9.40. The van der Waals surface area contributed by atoms with E-state index in [4.69, 9.17) is 5.11 Å². The van der Waals surface area contributed by atoms with E-state index in [9.17, 15) is 4.79 Å².